The molecule has 27 heavy (non-hydrogen) atoms. The maximum Gasteiger partial charge on any atom is 0.191 e. The Bertz CT molecular complexity index is 754. The molecule has 1 saturated heterocycles. The number of guanidine groups is 1. The number of benzene rings is 2. The molecule has 1 fully saturated rings. The highest BCUT2D eigenvalue weighted by molar-refractivity contribution is 5.79. The number of hydrogen-bond donors (Lipinski definition) is 2. The Labute approximate surface area is 158 Å². The molecule has 1 aliphatic rings. The van der Waals surface area contributed by atoms with Gasteiger partial charge in [0.2, 0.25) is 0 Å². The van der Waals surface area contributed by atoms with Crippen LogP contribution in [0.25, 0.3) is 0 Å². The Kier molecular flexibility index (Phi) is 6.40. The maximum absolute atomic E-state index is 13.3. The molecule has 1 heterocycles. The molecule has 144 valence electrons. The zero-order chi connectivity index (χ0) is 19.1. The van der Waals surface area contributed by atoms with Gasteiger partial charge in [-0.15, -0.1) is 0 Å². The molecule has 0 bridgehead atoms. The number of nitrogens with zero attached hydrogens (tertiary/aromatic N) is 1. The Morgan fingerprint density at radius 1 is 0.963 bits per heavy atom. The summed E-state index contributed by atoms with van der Waals surface area (Å²) in [5.74, 6) is 0.194. The summed E-state index contributed by atoms with van der Waals surface area (Å²) in [7, 11) is 1.72. The van der Waals surface area contributed by atoms with Crippen molar-refractivity contribution in [3.8, 4) is 0 Å². The van der Waals surface area contributed by atoms with Gasteiger partial charge in [-0.1, -0.05) is 24.3 Å². The highest BCUT2D eigenvalue weighted by atomic mass is 19.1. The first-order valence-electron chi connectivity index (χ1n) is 9.14. The van der Waals surface area contributed by atoms with Crippen molar-refractivity contribution < 1.29 is 13.5 Å². The van der Waals surface area contributed by atoms with E-state index in [1.165, 1.54) is 24.3 Å². The van der Waals surface area contributed by atoms with E-state index in [9.17, 15) is 8.78 Å². The zero-order valence-electron chi connectivity index (χ0n) is 15.5. The van der Waals surface area contributed by atoms with Crippen molar-refractivity contribution >= 4 is 5.96 Å². The third kappa shape index (κ3) is 5.04. The van der Waals surface area contributed by atoms with Gasteiger partial charge in [-0.3, -0.25) is 4.99 Å². The molecule has 0 amide bonds. The van der Waals surface area contributed by atoms with Gasteiger partial charge < -0.3 is 15.4 Å². The van der Waals surface area contributed by atoms with Crippen LogP contribution in [0.3, 0.4) is 0 Å². The molecule has 3 rings (SSSR count). The number of rotatable bonds is 5. The van der Waals surface area contributed by atoms with E-state index >= 15 is 0 Å². The molecule has 0 atom stereocenters. The predicted molar refractivity (Wildman–Crippen MR) is 103 cm³/mol. The fourth-order valence-electron chi connectivity index (χ4n) is 3.39. The summed E-state index contributed by atoms with van der Waals surface area (Å²) in [4.78, 5) is 4.27. The number of aliphatic imine (C=N–C) groups is 1. The first kappa shape index (κ1) is 19.3. The summed E-state index contributed by atoms with van der Waals surface area (Å²) in [5, 5.41) is 6.64. The lowest BCUT2D eigenvalue weighted by Crippen LogP contribution is -2.47. The Morgan fingerprint density at radius 2 is 1.56 bits per heavy atom. The van der Waals surface area contributed by atoms with Crippen LogP contribution in [-0.4, -0.2) is 32.8 Å². The van der Waals surface area contributed by atoms with Crippen molar-refractivity contribution in [2.24, 2.45) is 4.99 Å². The van der Waals surface area contributed by atoms with Gasteiger partial charge in [0.1, 0.15) is 11.6 Å². The van der Waals surface area contributed by atoms with Crippen LogP contribution in [0.1, 0.15) is 24.0 Å². The number of halogens is 2. The second-order valence-electron chi connectivity index (χ2n) is 6.81. The van der Waals surface area contributed by atoms with Crippen molar-refractivity contribution in [1.29, 1.82) is 0 Å². The molecule has 0 aromatic heterocycles. The molecular formula is C21H25F2N3O. The summed E-state index contributed by atoms with van der Waals surface area (Å²) < 4.78 is 31.9. The first-order chi connectivity index (χ1) is 13.1. The average molecular weight is 373 g/mol. The SMILES string of the molecule is CN=C(NCc1ccc(F)cc1)NCC1(c2ccc(F)cc2)CCOCC1. The van der Waals surface area contributed by atoms with E-state index in [0.717, 1.165) is 24.0 Å². The molecule has 0 saturated carbocycles. The molecule has 2 aromatic carbocycles. The van der Waals surface area contributed by atoms with Crippen LogP contribution in [0.5, 0.6) is 0 Å². The van der Waals surface area contributed by atoms with Crippen LogP contribution in [0.2, 0.25) is 0 Å². The standard InChI is InChI=1S/C21H25F2N3O/c1-24-20(25-14-16-2-6-18(22)7-3-16)26-15-21(10-12-27-13-11-21)17-4-8-19(23)9-5-17/h2-9H,10-15H2,1H3,(H2,24,25,26). The lowest BCUT2D eigenvalue weighted by atomic mass is 9.74. The van der Waals surface area contributed by atoms with Crippen LogP contribution in [-0.2, 0) is 16.7 Å². The maximum atomic E-state index is 13.3. The van der Waals surface area contributed by atoms with Crippen molar-refractivity contribution in [1.82, 2.24) is 10.6 Å². The summed E-state index contributed by atoms with van der Waals surface area (Å²) in [6.07, 6.45) is 1.72. The number of ether oxygens (including phenoxy) is 1. The van der Waals surface area contributed by atoms with E-state index in [4.69, 9.17) is 4.74 Å². The van der Waals surface area contributed by atoms with Crippen LogP contribution in [0, 0.1) is 11.6 Å². The monoisotopic (exact) mass is 373 g/mol. The predicted octanol–water partition coefficient (Wildman–Crippen LogP) is 3.38. The minimum atomic E-state index is -0.248. The molecule has 6 heteroatoms. The molecule has 2 N–H and O–H groups in total. The summed E-state index contributed by atoms with van der Waals surface area (Å²) in [6, 6.07) is 13.1. The fraction of sp³-hybridized carbons (Fsp3) is 0.381. The minimum Gasteiger partial charge on any atom is -0.381 e. The molecule has 0 radical (unpaired) electrons. The normalized spacial score (nSPS) is 16.8. The molecule has 0 unspecified atom stereocenters. The van der Waals surface area contributed by atoms with Gasteiger partial charge in [0, 0.05) is 38.8 Å². The average Bonchev–Trinajstić information content (AvgIpc) is 2.70. The van der Waals surface area contributed by atoms with Crippen LogP contribution >= 0.6 is 0 Å². The summed E-state index contributed by atoms with van der Waals surface area (Å²) >= 11 is 0. The first-order valence-corrected chi connectivity index (χ1v) is 9.14. The Hall–Kier alpha value is -2.47. The zero-order valence-corrected chi connectivity index (χ0v) is 15.5. The van der Waals surface area contributed by atoms with E-state index in [1.807, 2.05) is 12.1 Å². The Morgan fingerprint density at radius 3 is 2.15 bits per heavy atom. The van der Waals surface area contributed by atoms with E-state index < -0.39 is 0 Å². The Balaban J connectivity index is 1.64. The minimum absolute atomic E-state index is 0.126. The van der Waals surface area contributed by atoms with E-state index in [1.54, 1.807) is 19.2 Å². The van der Waals surface area contributed by atoms with Crippen LogP contribution in [0.4, 0.5) is 8.78 Å². The third-order valence-electron chi connectivity index (χ3n) is 5.10. The van der Waals surface area contributed by atoms with Crippen molar-refractivity contribution in [2.45, 2.75) is 24.8 Å². The van der Waals surface area contributed by atoms with Gasteiger partial charge in [0.15, 0.2) is 5.96 Å². The van der Waals surface area contributed by atoms with Gasteiger partial charge in [0.25, 0.3) is 0 Å². The molecular weight excluding hydrogens is 348 g/mol. The van der Waals surface area contributed by atoms with Gasteiger partial charge >= 0.3 is 0 Å². The van der Waals surface area contributed by atoms with Crippen LogP contribution < -0.4 is 10.6 Å². The molecule has 0 aliphatic carbocycles. The van der Waals surface area contributed by atoms with Crippen molar-refractivity contribution in [2.75, 3.05) is 26.8 Å². The lowest BCUT2D eigenvalue weighted by Gasteiger charge is -2.38. The van der Waals surface area contributed by atoms with Gasteiger partial charge in [-0.2, -0.15) is 0 Å². The fourth-order valence-corrected chi connectivity index (χ4v) is 3.39. The van der Waals surface area contributed by atoms with Crippen molar-refractivity contribution in [3.05, 3.63) is 71.3 Å². The van der Waals surface area contributed by atoms with E-state index in [0.29, 0.717) is 32.3 Å². The van der Waals surface area contributed by atoms with Gasteiger partial charge in [-0.05, 0) is 48.2 Å². The summed E-state index contributed by atoms with van der Waals surface area (Å²) in [5.41, 5.74) is 1.95. The van der Waals surface area contributed by atoms with Gasteiger partial charge in [0.05, 0.1) is 0 Å². The highest BCUT2D eigenvalue weighted by Crippen LogP contribution is 2.34. The topological polar surface area (TPSA) is 45.7 Å². The smallest absolute Gasteiger partial charge is 0.191 e. The largest absolute Gasteiger partial charge is 0.381 e. The number of hydrogen-bond acceptors (Lipinski definition) is 2. The second kappa shape index (κ2) is 8.95. The molecule has 1 aliphatic heterocycles. The lowest BCUT2D eigenvalue weighted by molar-refractivity contribution is 0.0513. The van der Waals surface area contributed by atoms with Crippen molar-refractivity contribution in [3.63, 3.8) is 0 Å². The highest BCUT2D eigenvalue weighted by Gasteiger charge is 2.34. The molecule has 2 aromatic rings. The number of nitrogens with one attached hydrogen (secondary N) is 2. The van der Waals surface area contributed by atoms with Crippen LogP contribution in [0.15, 0.2) is 53.5 Å². The van der Waals surface area contributed by atoms with Gasteiger partial charge in [-0.25, -0.2) is 8.78 Å². The molecule has 0 spiro atoms. The summed E-state index contributed by atoms with van der Waals surface area (Å²) in [6.45, 7) is 2.58. The van der Waals surface area contributed by atoms with E-state index in [-0.39, 0.29) is 17.0 Å². The quantitative estimate of drug-likeness (QED) is 0.624. The third-order valence-corrected chi connectivity index (χ3v) is 5.10. The molecule has 4 nitrogen and oxygen atoms in total. The van der Waals surface area contributed by atoms with E-state index in [2.05, 4.69) is 15.6 Å². The second-order valence-corrected chi connectivity index (χ2v) is 6.81.